The standard InChI is InChI=1S/C19H17NO5S/c1-23-12-5-7-16-11(8-12)9-17(26-16)19(22)20-18(21)14-6-4-13(24-2)10-15(14)25-3/h4-10H,1-3H3,(H,20,21,22). The van der Waals surface area contributed by atoms with Crippen LogP contribution in [-0.2, 0) is 0 Å². The largest absolute Gasteiger partial charge is 0.497 e. The van der Waals surface area contributed by atoms with Gasteiger partial charge in [-0.1, -0.05) is 0 Å². The van der Waals surface area contributed by atoms with E-state index in [2.05, 4.69) is 5.32 Å². The van der Waals surface area contributed by atoms with Crippen molar-refractivity contribution >= 4 is 33.2 Å². The first kappa shape index (κ1) is 17.8. The molecule has 0 radical (unpaired) electrons. The van der Waals surface area contributed by atoms with E-state index >= 15 is 0 Å². The van der Waals surface area contributed by atoms with Gasteiger partial charge in [-0.15, -0.1) is 11.3 Å². The zero-order valence-electron chi connectivity index (χ0n) is 14.5. The van der Waals surface area contributed by atoms with Crippen LogP contribution in [0.1, 0.15) is 20.0 Å². The second kappa shape index (κ2) is 7.45. The van der Waals surface area contributed by atoms with Crippen LogP contribution in [0.2, 0.25) is 0 Å². The lowest BCUT2D eigenvalue weighted by Crippen LogP contribution is -2.30. The van der Waals surface area contributed by atoms with Gasteiger partial charge >= 0.3 is 0 Å². The van der Waals surface area contributed by atoms with Gasteiger partial charge in [-0.3, -0.25) is 14.9 Å². The van der Waals surface area contributed by atoms with Crippen molar-refractivity contribution in [2.75, 3.05) is 21.3 Å². The molecule has 6 nitrogen and oxygen atoms in total. The molecule has 1 heterocycles. The molecule has 3 aromatic rings. The Labute approximate surface area is 154 Å². The molecule has 0 aliphatic carbocycles. The molecule has 26 heavy (non-hydrogen) atoms. The summed E-state index contributed by atoms with van der Waals surface area (Å²) in [5.41, 5.74) is 0.254. The summed E-state index contributed by atoms with van der Waals surface area (Å²) in [6, 6.07) is 12.1. The molecule has 2 amide bonds. The molecule has 3 rings (SSSR count). The molecule has 0 saturated carbocycles. The molecule has 0 bridgehead atoms. The van der Waals surface area contributed by atoms with E-state index < -0.39 is 11.8 Å². The number of nitrogens with one attached hydrogen (secondary N) is 1. The molecule has 0 fully saturated rings. The zero-order valence-corrected chi connectivity index (χ0v) is 15.3. The molecule has 0 saturated heterocycles. The highest BCUT2D eigenvalue weighted by Gasteiger charge is 2.18. The van der Waals surface area contributed by atoms with Gasteiger partial charge in [-0.25, -0.2) is 0 Å². The lowest BCUT2D eigenvalue weighted by molar-refractivity contribution is 0.0850. The molecule has 0 aliphatic heterocycles. The lowest BCUT2D eigenvalue weighted by atomic mass is 10.1. The quantitative estimate of drug-likeness (QED) is 0.695. The van der Waals surface area contributed by atoms with Crippen LogP contribution in [0, 0.1) is 0 Å². The van der Waals surface area contributed by atoms with Crippen molar-refractivity contribution in [2.24, 2.45) is 0 Å². The van der Waals surface area contributed by atoms with Crippen molar-refractivity contribution in [1.29, 1.82) is 0 Å². The molecule has 0 unspecified atom stereocenters. The Hall–Kier alpha value is -3.06. The fourth-order valence-electron chi connectivity index (χ4n) is 2.48. The van der Waals surface area contributed by atoms with Crippen molar-refractivity contribution in [3.8, 4) is 17.2 Å². The van der Waals surface area contributed by atoms with Crippen LogP contribution < -0.4 is 19.5 Å². The SMILES string of the molecule is COc1ccc(C(=O)NC(=O)c2cc3cc(OC)ccc3s2)c(OC)c1. The van der Waals surface area contributed by atoms with E-state index in [1.807, 2.05) is 18.2 Å². The maximum atomic E-state index is 12.5. The predicted molar refractivity (Wildman–Crippen MR) is 99.7 cm³/mol. The smallest absolute Gasteiger partial charge is 0.268 e. The third-order valence-electron chi connectivity index (χ3n) is 3.83. The Morgan fingerprint density at radius 2 is 1.54 bits per heavy atom. The molecule has 0 atom stereocenters. The summed E-state index contributed by atoms with van der Waals surface area (Å²) in [5, 5.41) is 3.28. The second-order valence-corrected chi connectivity index (χ2v) is 6.45. The van der Waals surface area contributed by atoms with E-state index in [-0.39, 0.29) is 5.56 Å². The summed E-state index contributed by atoms with van der Waals surface area (Å²) in [4.78, 5) is 25.4. The minimum Gasteiger partial charge on any atom is -0.497 e. The summed E-state index contributed by atoms with van der Waals surface area (Å²) in [6.45, 7) is 0. The third-order valence-corrected chi connectivity index (χ3v) is 4.94. The van der Waals surface area contributed by atoms with Gasteiger partial charge < -0.3 is 14.2 Å². The highest BCUT2D eigenvalue weighted by molar-refractivity contribution is 7.20. The molecule has 7 heteroatoms. The van der Waals surface area contributed by atoms with Gasteiger partial charge in [0.1, 0.15) is 17.2 Å². The number of carbonyl (C=O) groups excluding carboxylic acids is 2. The first-order chi connectivity index (χ1) is 12.5. The Bertz CT molecular complexity index is 979. The van der Waals surface area contributed by atoms with Crippen molar-refractivity contribution < 1.29 is 23.8 Å². The average molecular weight is 371 g/mol. The number of fused-ring (bicyclic) bond motifs is 1. The summed E-state index contributed by atoms with van der Waals surface area (Å²) in [7, 11) is 4.56. The minimum absolute atomic E-state index is 0.254. The van der Waals surface area contributed by atoms with Gasteiger partial charge in [0, 0.05) is 10.8 Å². The number of hydrogen-bond donors (Lipinski definition) is 1. The predicted octanol–water partition coefficient (Wildman–Crippen LogP) is 3.50. The number of carbonyl (C=O) groups is 2. The van der Waals surface area contributed by atoms with Gasteiger partial charge in [0.25, 0.3) is 11.8 Å². The maximum absolute atomic E-state index is 12.5. The number of amides is 2. The van der Waals surface area contributed by atoms with Crippen LogP contribution in [0.5, 0.6) is 17.2 Å². The van der Waals surface area contributed by atoms with Crippen LogP contribution in [-0.4, -0.2) is 33.1 Å². The number of thiophene rings is 1. The van der Waals surface area contributed by atoms with E-state index in [1.165, 1.54) is 25.6 Å². The van der Waals surface area contributed by atoms with Crippen LogP contribution in [0.15, 0.2) is 42.5 Å². The van der Waals surface area contributed by atoms with Crippen LogP contribution in [0.4, 0.5) is 0 Å². The number of ether oxygens (including phenoxy) is 3. The zero-order chi connectivity index (χ0) is 18.7. The molecular weight excluding hydrogens is 354 g/mol. The topological polar surface area (TPSA) is 73.9 Å². The number of benzene rings is 2. The molecule has 134 valence electrons. The van der Waals surface area contributed by atoms with Gasteiger partial charge in [0.2, 0.25) is 0 Å². The fraction of sp³-hybridized carbons (Fsp3) is 0.158. The van der Waals surface area contributed by atoms with E-state index in [1.54, 1.807) is 31.4 Å². The molecular formula is C19H17NO5S. The van der Waals surface area contributed by atoms with Gasteiger partial charge in [0.05, 0.1) is 31.8 Å². The maximum Gasteiger partial charge on any atom is 0.268 e. The highest BCUT2D eigenvalue weighted by Crippen LogP contribution is 2.29. The summed E-state index contributed by atoms with van der Waals surface area (Å²) >= 11 is 1.31. The molecule has 1 N–H and O–H groups in total. The van der Waals surface area contributed by atoms with E-state index in [0.717, 1.165) is 10.1 Å². The van der Waals surface area contributed by atoms with Gasteiger partial charge in [-0.05, 0) is 41.8 Å². The van der Waals surface area contributed by atoms with Crippen molar-refractivity contribution in [1.82, 2.24) is 5.32 Å². The van der Waals surface area contributed by atoms with Crippen molar-refractivity contribution in [2.45, 2.75) is 0 Å². The summed E-state index contributed by atoms with van der Waals surface area (Å²) < 4.78 is 16.4. The van der Waals surface area contributed by atoms with Gasteiger partial charge in [-0.2, -0.15) is 0 Å². The number of imide groups is 1. The normalized spacial score (nSPS) is 10.4. The Morgan fingerprint density at radius 3 is 2.23 bits per heavy atom. The minimum atomic E-state index is -0.537. The average Bonchev–Trinajstić information content (AvgIpc) is 3.10. The van der Waals surface area contributed by atoms with Crippen LogP contribution in [0.25, 0.3) is 10.1 Å². The fourth-order valence-corrected chi connectivity index (χ4v) is 3.42. The van der Waals surface area contributed by atoms with E-state index in [4.69, 9.17) is 14.2 Å². The molecule has 2 aromatic carbocycles. The van der Waals surface area contributed by atoms with E-state index in [9.17, 15) is 9.59 Å². The van der Waals surface area contributed by atoms with Crippen molar-refractivity contribution in [3.63, 3.8) is 0 Å². The Kier molecular flexibility index (Phi) is 5.09. The molecule has 0 spiro atoms. The van der Waals surface area contributed by atoms with E-state index in [0.29, 0.717) is 22.1 Å². The van der Waals surface area contributed by atoms with Crippen LogP contribution in [0.3, 0.4) is 0 Å². The second-order valence-electron chi connectivity index (χ2n) is 5.36. The Balaban J connectivity index is 1.82. The first-order valence-electron chi connectivity index (χ1n) is 7.71. The van der Waals surface area contributed by atoms with Crippen molar-refractivity contribution in [3.05, 3.63) is 52.9 Å². The Morgan fingerprint density at radius 1 is 0.846 bits per heavy atom. The first-order valence-corrected chi connectivity index (χ1v) is 8.52. The molecule has 0 aliphatic rings. The number of methoxy groups -OCH3 is 3. The monoisotopic (exact) mass is 371 g/mol. The summed E-state index contributed by atoms with van der Waals surface area (Å²) in [6.07, 6.45) is 0. The lowest BCUT2D eigenvalue weighted by Gasteiger charge is -2.09. The number of rotatable bonds is 5. The molecule has 1 aromatic heterocycles. The number of hydrogen-bond acceptors (Lipinski definition) is 6. The highest BCUT2D eigenvalue weighted by atomic mass is 32.1. The third kappa shape index (κ3) is 3.48. The van der Waals surface area contributed by atoms with Gasteiger partial charge in [0.15, 0.2) is 0 Å². The summed E-state index contributed by atoms with van der Waals surface area (Å²) in [5.74, 6) is 0.595. The van der Waals surface area contributed by atoms with Crippen LogP contribution >= 0.6 is 11.3 Å².